The molecule has 20 heavy (non-hydrogen) atoms. The molecule has 2 aromatic carbocycles. The minimum Gasteiger partial charge on any atom is -0.494 e. The predicted molar refractivity (Wildman–Crippen MR) is 81.5 cm³/mol. The van der Waals surface area contributed by atoms with Gasteiger partial charge in [-0.1, -0.05) is 38.1 Å². The van der Waals surface area contributed by atoms with Crippen molar-refractivity contribution in [2.75, 3.05) is 6.61 Å². The van der Waals surface area contributed by atoms with Gasteiger partial charge in [0.2, 0.25) is 0 Å². The Labute approximate surface area is 120 Å². The summed E-state index contributed by atoms with van der Waals surface area (Å²) in [5.41, 5.74) is 2.92. The van der Waals surface area contributed by atoms with Crippen molar-refractivity contribution in [2.45, 2.75) is 20.3 Å². The SMILES string of the molecule is CC(C)CCOc1ccc(-c2ccc(C#N)cc2)cc1. The third-order valence-electron chi connectivity index (χ3n) is 3.17. The molecule has 0 saturated heterocycles. The highest BCUT2D eigenvalue weighted by Gasteiger charge is 2.00. The highest BCUT2D eigenvalue weighted by molar-refractivity contribution is 5.64. The van der Waals surface area contributed by atoms with Crippen molar-refractivity contribution in [3.05, 3.63) is 54.1 Å². The lowest BCUT2D eigenvalue weighted by atomic mass is 10.0. The van der Waals surface area contributed by atoms with Crippen molar-refractivity contribution in [3.63, 3.8) is 0 Å². The van der Waals surface area contributed by atoms with E-state index in [1.165, 1.54) is 0 Å². The Hall–Kier alpha value is -2.27. The number of benzene rings is 2. The first-order valence-electron chi connectivity index (χ1n) is 6.92. The number of hydrogen-bond donors (Lipinski definition) is 0. The van der Waals surface area contributed by atoms with Crippen molar-refractivity contribution in [3.8, 4) is 22.9 Å². The van der Waals surface area contributed by atoms with Crippen LogP contribution in [0.25, 0.3) is 11.1 Å². The molecule has 0 bridgehead atoms. The zero-order valence-corrected chi connectivity index (χ0v) is 12.0. The highest BCUT2D eigenvalue weighted by atomic mass is 16.5. The van der Waals surface area contributed by atoms with Gasteiger partial charge in [0.15, 0.2) is 0 Å². The van der Waals surface area contributed by atoms with Crippen molar-refractivity contribution in [1.82, 2.24) is 0 Å². The lowest BCUT2D eigenvalue weighted by molar-refractivity contribution is 0.289. The fourth-order valence-electron chi connectivity index (χ4n) is 1.89. The third kappa shape index (κ3) is 3.86. The molecule has 0 atom stereocenters. The van der Waals surface area contributed by atoms with Gasteiger partial charge in [-0.3, -0.25) is 0 Å². The van der Waals surface area contributed by atoms with Crippen LogP contribution in [-0.2, 0) is 0 Å². The van der Waals surface area contributed by atoms with Crippen LogP contribution in [0.1, 0.15) is 25.8 Å². The summed E-state index contributed by atoms with van der Waals surface area (Å²) in [4.78, 5) is 0. The molecule has 2 aromatic rings. The zero-order chi connectivity index (χ0) is 14.4. The molecule has 102 valence electrons. The molecule has 0 saturated carbocycles. The molecule has 0 heterocycles. The van der Waals surface area contributed by atoms with Gasteiger partial charge in [0.25, 0.3) is 0 Å². The second-order valence-corrected chi connectivity index (χ2v) is 5.24. The molecule has 0 aliphatic rings. The molecule has 0 amide bonds. The largest absolute Gasteiger partial charge is 0.494 e. The van der Waals surface area contributed by atoms with E-state index in [0.717, 1.165) is 29.9 Å². The maximum atomic E-state index is 8.79. The van der Waals surface area contributed by atoms with Gasteiger partial charge in [-0.25, -0.2) is 0 Å². The maximum absolute atomic E-state index is 8.79. The first kappa shape index (κ1) is 14.1. The summed E-state index contributed by atoms with van der Waals surface area (Å²) in [6, 6.07) is 17.8. The smallest absolute Gasteiger partial charge is 0.119 e. The minimum atomic E-state index is 0.660. The molecule has 0 aromatic heterocycles. The monoisotopic (exact) mass is 265 g/mol. The quantitative estimate of drug-likeness (QED) is 0.788. The van der Waals surface area contributed by atoms with Gasteiger partial charge in [0.1, 0.15) is 5.75 Å². The van der Waals surface area contributed by atoms with E-state index in [0.29, 0.717) is 11.5 Å². The molecular formula is C18H19NO. The van der Waals surface area contributed by atoms with Crippen LogP contribution in [0.15, 0.2) is 48.5 Å². The number of nitrogens with zero attached hydrogens (tertiary/aromatic N) is 1. The van der Waals surface area contributed by atoms with Crippen LogP contribution >= 0.6 is 0 Å². The normalized spacial score (nSPS) is 10.3. The lowest BCUT2D eigenvalue weighted by Crippen LogP contribution is -2.01. The Bertz CT molecular complexity index is 576. The van der Waals surface area contributed by atoms with Crippen LogP contribution in [0, 0.1) is 17.2 Å². The Morgan fingerprint density at radius 1 is 0.950 bits per heavy atom. The summed E-state index contributed by atoms with van der Waals surface area (Å²) in [5.74, 6) is 1.57. The maximum Gasteiger partial charge on any atom is 0.119 e. The minimum absolute atomic E-state index is 0.660. The van der Waals surface area contributed by atoms with Crippen molar-refractivity contribution in [2.24, 2.45) is 5.92 Å². The molecule has 2 heteroatoms. The number of nitriles is 1. The second-order valence-electron chi connectivity index (χ2n) is 5.24. The molecule has 2 rings (SSSR count). The Kier molecular flexibility index (Phi) is 4.79. The summed E-state index contributed by atoms with van der Waals surface area (Å²) >= 11 is 0. The Morgan fingerprint density at radius 3 is 2.00 bits per heavy atom. The molecule has 0 aliphatic heterocycles. The van der Waals surface area contributed by atoms with E-state index in [9.17, 15) is 0 Å². The van der Waals surface area contributed by atoms with Gasteiger partial charge in [-0.15, -0.1) is 0 Å². The summed E-state index contributed by atoms with van der Waals surface area (Å²) in [7, 11) is 0. The number of ether oxygens (including phenoxy) is 1. The Balaban J connectivity index is 2.02. The second kappa shape index (κ2) is 6.77. The van der Waals surface area contributed by atoms with Crippen molar-refractivity contribution >= 4 is 0 Å². The van der Waals surface area contributed by atoms with Crippen LogP contribution in [-0.4, -0.2) is 6.61 Å². The fourth-order valence-corrected chi connectivity index (χ4v) is 1.89. The van der Waals surface area contributed by atoms with Gasteiger partial charge < -0.3 is 4.74 Å². The molecule has 0 spiro atoms. The van der Waals surface area contributed by atoms with Crippen LogP contribution < -0.4 is 4.74 Å². The van der Waals surface area contributed by atoms with Gasteiger partial charge in [0.05, 0.1) is 18.2 Å². The molecule has 0 unspecified atom stereocenters. The first-order valence-corrected chi connectivity index (χ1v) is 6.92. The molecular weight excluding hydrogens is 246 g/mol. The van der Waals surface area contributed by atoms with Crippen LogP contribution in [0.2, 0.25) is 0 Å². The topological polar surface area (TPSA) is 33.0 Å². The highest BCUT2D eigenvalue weighted by Crippen LogP contribution is 2.23. The van der Waals surface area contributed by atoms with Crippen molar-refractivity contribution in [1.29, 1.82) is 5.26 Å². The van der Waals surface area contributed by atoms with Gasteiger partial charge >= 0.3 is 0 Å². The molecule has 0 fully saturated rings. The van der Waals surface area contributed by atoms with Crippen LogP contribution in [0.4, 0.5) is 0 Å². The first-order chi connectivity index (χ1) is 9.69. The van der Waals surface area contributed by atoms with E-state index in [2.05, 4.69) is 19.9 Å². The number of rotatable bonds is 5. The lowest BCUT2D eigenvalue weighted by Gasteiger charge is -2.09. The van der Waals surface area contributed by atoms with E-state index < -0.39 is 0 Å². The van der Waals surface area contributed by atoms with Gasteiger partial charge in [0, 0.05) is 0 Å². The van der Waals surface area contributed by atoms with E-state index in [1.54, 1.807) is 0 Å². The standard InChI is InChI=1S/C18H19NO/c1-14(2)11-12-20-18-9-7-17(8-10-18)16-5-3-15(13-19)4-6-16/h3-10,14H,11-12H2,1-2H3. The summed E-state index contributed by atoms with van der Waals surface area (Å²) in [5, 5.41) is 8.79. The van der Waals surface area contributed by atoms with Crippen LogP contribution in [0.3, 0.4) is 0 Å². The van der Waals surface area contributed by atoms with Gasteiger partial charge in [-0.2, -0.15) is 5.26 Å². The van der Waals surface area contributed by atoms with E-state index in [1.807, 2.05) is 48.5 Å². The van der Waals surface area contributed by atoms with E-state index in [4.69, 9.17) is 10.00 Å². The molecule has 0 aliphatic carbocycles. The van der Waals surface area contributed by atoms with E-state index >= 15 is 0 Å². The average Bonchev–Trinajstić information content (AvgIpc) is 2.48. The number of hydrogen-bond acceptors (Lipinski definition) is 2. The third-order valence-corrected chi connectivity index (χ3v) is 3.17. The molecule has 0 radical (unpaired) electrons. The summed E-state index contributed by atoms with van der Waals surface area (Å²) in [6.45, 7) is 5.14. The average molecular weight is 265 g/mol. The summed E-state index contributed by atoms with van der Waals surface area (Å²) < 4.78 is 5.70. The predicted octanol–water partition coefficient (Wildman–Crippen LogP) is 4.65. The Morgan fingerprint density at radius 2 is 1.50 bits per heavy atom. The van der Waals surface area contributed by atoms with Gasteiger partial charge in [-0.05, 0) is 47.7 Å². The fraction of sp³-hybridized carbons (Fsp3) is 0.278. The molecule has 0 N–H and O–H groups in total. The van der Waals surface area contributed by atoms with Crippen LogP contribution in [0.5, 0.6) is 5.75 Å². The summed E-state index contributed by atoms with van der Waals surface area (Å²) in [6.07, 6.45) is 1.07. The van der Waals surface area contributed by atoms with E-state index in [-0.39, 0.29) is 0 Å². The zero-order valence-electron chi connectivity index (χ0n) is 12.0. The molecule has 2 nitrogen and oxygen atoms in total. The van der Waals surface area contributed by atoms with Crippen molar-refractivity contribution < 1.29 is 4.74 Å².